The smallest absolute Gasteiger partial charge is 0.259 e. The number of halogens is 1. The summed E-state index contributed by atoms with van der Waals surface area (Å²) in [6.07, 6.45) is 4.48. The van der Waals surface area contributed by atoms with Crippen molar-refractivity contribution in [2.45, 2.75) is 0 Å². The van der Waals surface area contributed by atoms with E-state index in [1.54, 1.807) is 12.4 Å². The molecule has 0 bridgehead atoms. The summed E-state index contributed by atoms with van der Waals surface area (Å²) in [6, 6.07) is 0. The van der Waals surface area contributed by atoms with Gasteiger partial charge in [0.1, 0.15) is 0 Å². The molecule has 2 aromatic rings. The van der Waals surface area contributed by atoms with Crippen LogP contribution in [-0.4, -0.2) is 15.0 Å². The van der Waals surface area contributed by atoms with Crippen molar-refractivity contribution in [1.82, 2.24) is 15.0 Å². The Kier molecular flexibility index (Phi) is 1.65. The molecule has 0 saturated heterocycles. The quantitative estimate of drug-likeness (QED) is 0.731. The minimum absolute atomic E-state index is 0.158. The predicted molar refractivity (Wildman–Crippen MR) is 47.9 cm³/mol. The second kappa shape index (κ2) is 2.67. The molecule has 0 spiro atoms. The zero-order valence-corrected chi connectivity index (χ0v) is 7.50. The van der Waals surface area contributed by atoms with Gasteiger partial charge in [0.25, 0.3) is 5.56 Å². The third-order valence-electron chi connectivity index (χ3n) is 1.51. The zero-order valence-electron chi connectivity index (χ0n) is 5.91. The van der Waals surface area contributed by atoms with E-state index in [9.17, 15) is 4.79 Å². The van der Waals surface area contributed by atoms with Gasteiger partial charge in [0.05, 0.1) is 27.9 Å². The molecule has 1 N–H and O–H groups in total. The minimum atomic E-state index is -0.158. The van der Waals surface area contributed by atoms with Crippen LogP contribution < -0.4 is 5.56 Å². The summed E-state index contributed by atoms with van der Waals surface area (Å²) in [5, 5.41) is 0.535. The predicted octanol–water partition coefficient (Wildman–Crippen LogP) is 1.08. The second-order valence-electron chi connectivity index (χ2n) is 2.25. The lowest BCUT2D eigenvalue weighted by Crippen LogP contribution is -2.06. The van der Waals surface area contributed by atoms with Crippen LogP contribution >= 0.6 is 15.9 Å². The molecule has 2 heterocycles. The summed E-state index contributed by atoms with van der Waals surface area (Å²) in [7, 11) is 0. The van der Waals surface area contributed by atoms with E-state index in [4.69, 9.17) is 0 Å². The normalized spacial score (nSPS) is 10.4. The number of aromatic nitrogens is 3. The van der Waals surface area contributed by atoms with Crippen LogP contribution in [0.4, 0.5) is 0 Å². The number of hydrogen-bond donors (Lipinski definition) is 1. The van der Waals surface area contributed by atoms with Gasteiger partial charge in [-0.25, -0.2) is 4.98 Å². The summed E-state index contributed by atoms with van der Waals surface area (Å²) in [5.74, 6) is 0. The van der Waals surface area contributed by atoms with Crippen molar-refractivity contribution < 1.29 is 0 Å². The van der Waals surface area contributed by atoms with Crippen molar-refractivity contribution in [1.29, 1.82) is 0 Å². The standard InChI is InChI=1S/C7H4BrN3O/c8-4-1-9-2-5-6(4)7(12)11-3-10-5/h1-3H,(H,10,11,12). The fraction of sp³-hybridized carbons (Fsp3) is 0. The molecule has 0 aliphatic carbocycles. The van der Waals surface area contributed by atoms with E-state index in [1.165, 1.54) is 6.33 Å². The number of aromatic amines is 1. The van der Waals surface area contributed by atoms with E-state index in [2.05, 4.69) is 30.9 Å². The Morgan fingerprint density at radius 3 is 3.00 bits per heavy atom. The summed E-state index contributed by atoms with van der Waals surface area (Å²) in [4.78, 5) is 21.6. The molecular weight excluding hydrogens is 222 g/mol. The molecule has 0 atom stereocenters. The zero-order chi connectivity index (χ0) is 8.55. The van der Waals surface area contributed by atoms with Gasteiger partial charge in [0.2, 0.25) is 0 Å². The largest absolute Gasteiger partial charge is 0.313 e. The van der Waals surface area contributed by atoms with E-state index >= 15 is 0 Å². The highest BCUT2D eigenvalue weighted by Crippen LogP contribution is 2.15. The first-order valence-electron chi connectivity index (χ1n) is 3.26. The van der Waals surface area contributed by atoms with E-state index in [0.29, 0.717) is 15.4 Å². The van der Waals surface area contributed by atoms with Crippen molar-refractivity contribution in [2.75, 3.05) is 0 Å². The van der Waals surface area contributed by atoms with Crippen LogP contribution in [0.3, 0.4) is 0 Å². The SMILES string of the molecule is O=c1[nH]cnc2cncc(Br)c12. The van der Waals surface area contributed by atoms with Crippen LogP contribution in [0.1, 0.15) is 0 Å². The van der Waals surface area contributed by atoms with Crippen LogP contribution in [-0.2, 0) is 0 Å². The highest BCUT2D eigenvalue weighted by atomic mass is 79.9. The first-order chi connectivity index (χ1) is 5.79. The van der Waals surface area contributed by atoms with Crippen molar-refractivity contribution >= 4 is 26.8 Å². The maximum Gasteiger partial charge on any atom is 0.259 e. The topological polar surface area (TPSA) is 58.6 Å². The molecule has 0 radical (unpaired) electrons. The fourth-order valence-electron chi connectivity index (χ4n) is 0.980. The van der Waals surface area contributed by atoms with E-state index < -0.39 is 0 Å². The van der Waals surface area contributed by atoms with Gasteiger partial charge >= 0.3 is 0 Å². The van der Waals surface area contributed by atoms with Gasteiger partial charge in [-0.1, -0.05) is 0 Å². The molecule has 12 heavy (non-hydrogen) atoms. The maximum atomic E-state index is 11.2. The molecule has 0 amide bonds. The summed E-state index contributed by atoms with van der Waals surface area (Å²) >= 11 is 3.23. The van der Waals surface area contributed by atoms with Crippen molar-refractivity contribution in [3.63, 3.8) is 0 Å². The molecule has 60 valence electrons. The summed E-state index contributed by atoms with van der Waals surface area (Å²) in [5.41, 5.74) is 0.433. The lowest BCUT2D eigenvalue weighted by atomic mass is 10.3. The van der Waals surface area contributed by atoms with E-state index in [1.807, 2.05) is 0 Å². The first kappa shape index (κ1) is 7.42. The summed E-state index contributed by atoms with van der Waals surface area (Å²) < 4.78 is 0.661. The Bertz CT molecular complexity index is 474. The van der Waals surface area contributed by atoms with E-state index in [0.717, 1.165) is 0 Å². The Morgan fingerprint density at radius 1 is 1.42 bits per heavy atom. The number of rotatable bonds is 0. The number of hydrogen-bond acceptors (Lipinski definition) is 3. The average Bonchev–Trinajstić information content (AvgIpc) is 2.04. The molecule has 5 heteroatoms. The molecule has 2 rings (SSSR count). The third kappa shape index (κ3) is 1.02. The summed E-state index contributed by atoms with van der Waals surface area (Å²) in [6.45, 7) is 0. The molecule has 0 aliphatic rings. The molecule has 4 nitrogen and oxygen atoms in total. The van der Waals surface area contributed by atoms with E-state index in [-0.39, 0.29) is 5.56 Å². The van der Waals surface area contributed by atoms with Crippen molar-refractivity contribution in [3.8, 4) is 0 Å². The molecular formula is C7H4BrN3O. The number of fused-ring (bicyclic) bond motifs is 1. The van der Waals surface area contributed by atoms with Gasteiger partial charge in [0.15, 0.2) is 0 Å². The van der Waals surface area contributed by atoms with Crippen LogP contribution in [0.15, 0.2) is 28.0 Å². The average molecular weight is 226 g/mol. The Labute approximate surface area is 75.8 Å². The number of H-pyrrole nitrogens is 1. The van der Waals surface area contributed by atoms with Crippen LogP contribution in [0.2, 0.25) is 0 Å². The maximum absolute atomic E-state index is 11.2. The monoisotopic (exact) mass is 225 g/mol. The molecule has 0 saturated carbocycles. The lowest BCUT2D eigenvalue weighted by Gasteiger charge is -1.95. The van der Waals surface area contributed by atoms with Gasteiger partial charge < -0.3 is 4.98 Å². The number of pyridine rings is 1. The Hall–Kier alpha value is -1.23. The van der Waals surface area contributed by atoms with Gasteiger partial charge in [-0.3, -0.25) is 9.78 Å². The van der Waals surface area contributed by atoms with Gasteiger partial charge in [-0.15, -0.1) is 0 Å². The van der Waals surface area contributed by atoms with Crippen LogP contribution in [0, 0.1) is 0 Å². The number of nitrogens with zero attached hydrogens (tertiary/aromatic N) is 2. The first-order valence-corrected chi connectivity index (χ1v) is 4.05. The minimum Gasteiger partial charge on any atom is -0.313 e. The third-order valence-corrected chi connectivity index (χ3v) is 2.11. The van der Waals surface area contributed by atoms with Gasteiger partial charge in [0, 0.05) is 6.20 Å². The van der Waals surface area contributed by atoms with Gasteiger partial charge in [-0.05, 0) is 15.9 Å². The molecule has 0 unspecified atom stereocenters. The van der Waals surface area contributed by atoms with Gasteiger partial charge in [-0.2, -0.15) is 0 Å². The lowest BCUT2D eigenvalue weighted by molar-refractivity contribution is 1.15. The number of nitrogens with one attached hydrogen (secondary N) is 1. The van der Waals surface area contributed by atoms with Crippen molar-refractivity contribution in [2.24, 2.45) is 0 Å². The second-order valence-corrected chi connectivity index (χ2v) is 3.10. The molecule has 0 aliphatic heterocycles. The Morgan fingerprint density at radius 2 is 2.25 bits per heavy atom. The Balaban J connectivity index is 3.07. The molecule has 0 aromatic carbocycles. The molecule has 0 fully saturated rings. The fourth-order valence-corrected chi connectivity index (χ4v) is 1.48. The van der Waals surface area contributed by atoms with Crippen LogP contribution in [0.5, 0.6) is 0 Å². The van der Waals surface area contributed by atoms with Crippen molar-refractivity contribution in [3.05, 3.63) is 33.5 Å². The highest BCUT2D eigenvalue weighted by Gasteiger charge is 2.02. The molecule has 2 aromatic heterocycles. The van der Waals surface area contributed by atoms with Crippen LogP contribution in [0.25, 0.3) is 10.9 Å². The highest BCUT2D eigenvalue weighted by molar-refractivity contribution is 9.10.